The van der Waals surface area contributed by atoms with Crippen LogP contribution in [0.25, 0.3) is 0 Å². The number of halogens is 1. The number of hydrogen-bond acceptors (Lipinski definition) is 5. The Hall–Kier alpha value is -3.29. The van der Waals surface area contributed by atoms with Gasteiger partial charge in [0.25, 0.3) is 5.91 Å². The fraction of sp³-hybridized carbons (Fsp3) is 0.391. The van der Waals surface area contributed by atoms with E-state index in [4.69, 9.17) is 4.74 Å². The number of rotatable bonds is 6. The van der Waals surface area contributed by atoms with Crippen molar-refractivity contribution < 1.29 is 18.7 Å². The Kier molecular flexibility index (Phi) is 5.97. The number of amides is 2. The zero-order valence-electron chi connectivity index (χ0n) is 17.8. The molecule has 0 aromatic heterocycles. The van der Waals surface area contributed by atoms with Crippen molar-refractivity contribution in [3.8, 4) is 5.75 Å². The summed E-state index contributed by atoms with van der Waals surface area (Å²) >= 11 is 0. The highest BCUT2D eigenvalue weighted by Crippen LogP contribution is 2.33. The van der Waals surface area contributed by atoms with Gasteiger partial charge in [-0.3, -0.25) is 9.59 Å². The lowest BCUT2D eigenvalue weighted by Gasteiger charge is -2.31. The van der Waals surface area contributed by atoms with Crippen LogP contribution < -0.4 is 25.6 Å². The van der Waals surface area contributed by atoms with E-state index >= 15 is 0 Å². The van der Waals surface area contributed by atoms with Gasteiger partial charge in [0, 0.05) is 31.4 Å². The van der Waals surface area contributed by atoms with E-state index in [2.05, 4.69) is 33.0 Å². The average molecular weight is 426 g/mol. The number of anilines is 3. The summed E-state index contributed by atoms with van der Waals surface area (Å²) in [7, 11) is 1.66. The van der Waals surface area contributed by atoms with Crippen molar-refractivity contribution in [2.75, 3.05) is 42.3 Å². The number of fused-ring (bicyclic) bond motifs is 2. The molecule has 8 heteroatoms. The van der Waals surface area contributed by atoms with E-state index in [1.165, 1.54) is 23.4 Å². The highest BCUT2D eigenvalue weighted by molar-refractivity contribution is 6.09. The van der Waals surface area contributed by atoms with Crippen molar-refractivity contribution in [2.24, 2.45) is 0 Å². The van der Waals surface area contributed by atoms with Crippen LogP contribution in [-0.2, 0) is 11.2 Å². The summed E-state index contributed by atoms with van der Waals surface area (Å²) in [5.74, 6) is -0.504. The first-order valence-electron chi connectivity index (χ1n) is 10.6. The standard InChI is InChI=1S/C23H27FN4O3/c1-14-22(29)27-18-9-8-17(24)20(21(18)26-14)23(30)25-10-4-12-28-11-3-5-15-6-7-16(31-2)13-19(15)28/h6-9,13-14,26H,3-5,10-12H2,1-2H3,(H,25,30)(H,27,29). The number of aryl methyl sites for hydroxylation is 1. The van der Waals surface area contributed by atoms with Gasteiger partial charge in [0.2, 0.25) is 5.91 Å². The Morgan fingerprint density at radius 3 is 2.97 bits per heavy atom. The summed E-state index contributed by atoms with van der Waals surface area (Å²) in [6, 6.07) is 8.26. The average Bonchev–Trinajstić information content (AvgIpc) is 2.77. The van der Waals surface area contributed by atoms with Gasteiger partial charge >= 0.3 is 0 Å². The molecule has 0 spiro atoms. The first-order chi connectivity index (χ1) is 15.0. The van der Waals surface area contributed by atoms with E-state index < -0.39 is 17.8 Å². The summed E-state index contributed by atoms with van der Waals surface area (Å²) in [5.41, 5.74) is 3.14. The monoisotopic (exact) mass is 426 g/mol. The number of hydrogen-bond donors (Lipinski definition) is 3. The molecule has 164 valence electrons. The molecule has 0 aliphatic carbocycles. The predicted molar refractivity (Wildman–Crippen MR) is 119 cm³/mol. The van der Waals surface area contributed by atoms with Crippen molar-refractivity contribution in [1.82, 2.24) is 5.32 Å². The van der Waals surface area contributed by atoms with Gasteiger partial charge in [-0.2, -0.15) is 0 Å². The van der Waals surface area contributed by atoms with Crippen LogP contribution in [0.15, 0.2) is 30.3 Å². The molecule has 0 saturated carbocycles. The van der Waals surface area contributed by atoms with Crippen molar-refractivity contribution >= 4 is 28.9 Å². The Labute approximate surface area is 181 Å². The van der Waals surface area contributed by atoms with E-state index in [-0.39, 0.29) is 11.5 Å². The maximum atomic E-state index is 14.5. The number of carbonyl (C=O) groups is 2. The molecule has 7 nitrogen and oxygen atoms in total. The van der Waals surface area contributed by atoms with Crippen molar-refractivity contribution in [2.45, 2.75) is 32.2 Å². The van der Waals surface area contributed by atoms with E-state index in [0.29, 0.717) is 17.9 Å². The number of nitrogens with one attached hydrogen (secondary N) is 3. The van der Waals surface area contributed by atoms with Gasteiger partial charge in [0.15, 0.2) is 0 Å². The molecule has 2 aromatic carbocycles. The number of ether oxygens (including phenoxy) is 1. The molecular weight excluding hydrogens is 399 g/mol. The number of methoxy groups -OCH3 is 1. The molecule has 2 heterocycles. The maximum absolute atomic E-state index is 14.5. The second kappa shape index (κ2) is 8.83. The minimum Gasteiger partial charge on any atom is -0.497 e. The fourth-order valence-corrected chi connectivity index (χ4v) is 4.13. The molecule has 0 radical (unpaired) electrons. The second-order valence-corrected chi connectivity index (χ2v) is 7.89. The van der Waals surface area contributed by atoms with Gasteiger partial charge < -0.3 is 25.6 Å². The van der Waals surface area contributed by atoms with Gasteiger partial charge in [-0.15, -0.1) is 0 Å². The molecule has 4 rings (SSSR count). The van der Waals surface area contributed by atoms with Crippen LogP contribution >= 0.6 is 0 Å². The third-order valence-corrected chi connectivity index (χ3v) is 5.79. The fourth-order valence-electron chi connectivity index (χ4n) is 4.13. The smallest absolute Gasteiger partial charge is 0.256 e. The molecule has 2 aliphatic heterocycles. The highest BCUT2D eigenvalue weighted by atomic mass is 19.1. The van der Waals surface area contributed by atoms with E-state index in [9.17, 15) is 14.0 Å². The summed E-state index contributed by atoms with van der Waals surface area (Å²) in [5, 5.41) is 8.45. The maximum Gasteiger partial charge on any atom is 0.256 e. The molecule has 0 bridgehead atoms. The quantitative estimate of drug-likeness (QED) is 0.618. The second-order valence-electron chi connectivity index (χ2n) is 7.89. The molecule has 2 amide bonds. The first-order valence-corrected chi connectivity index (χ1v) is 10.6. The Morgan fingerprint density at radius 2 is 2.16 bits per heavy atom. The molecule has 0 fully saturated rings. The molecule has 1 atom stereocenters. The third kappa shape index (κ3) is 4.28. The van der Waals surface area contributed by atoms with Crippen molar-refractivity contribution in [3.63, 3.8) is 0 Å². The van der Waals surface area contributed by atoms with Gasteiger partial charge in [0.1, 0.15) is 23.2 Å². The van der Waals surface area contributed by atoms with Crippen molar-refractivity contribution in [1.29, 1.82) is 0 Å². The SMILES string of the molecule is COc1ccc2c(c1)N(CCCNC(=O)c1c(F)ccc3c1NC(C)C(=O)N3)CCC2. The van der Waals surface area contributed by atoms with Gasteiger partial charge in [-0.05, 0) is 49.9 Å². The Morgan fingerprint density at radius 1 is 1.32 bits per heavy atom. The Balaban J connectivity index is 1.38. The van der Waals surface area contributed by atoms with Gasteiger partial charge in [-0.25, -0.2) is 4.39 Å². The van der Waals surface area contributed by atoms with Crippen LogP contribution in [0, 0.1) is 5.82 Å². The molecule has 1 unspecified atom stereocenters. The van der Waals surface area contributed by atoms with E-state index in [1.54, 1.807) is 14.0 Å². The lowest BCUT2D eigenvalue weighted by Crippen LogP contribution is -2.38. The Bertz CT molecular complexity index is 1010. The lowest BCUT2D eigenvalue weighted by molar-refractivity contribution is -0.116. The summed E-state index contributed by atoms with van der Waals surface area (Å²) < 4.78 is 19.8. The minimum absolute atomic E-state index is 0.0718. The van der Waals surface area contributed by atoms with Crippen molar-refractivity contribution in [3.05, 3.63) is 47.3 Å². The van der Waals surface area contributed by atoms with Crippen LogP contribution in [0.4, 0.5) is 21.5 Å². The molecule has 3 N–H and O–H groups in total. The minimum atomic E-state index is -0.621. The van der Waals surface area contributed by atoms with Crippen LogP contribution in [0.1, 0.15) is 35.7 Å². The third-order valence-electron chi connectivity index (χ3n) is 5.79. The van der Waals surface area contributed by atoms with E-state index in [1.807, 2.05) is 6.07 Å². The molecule has 2 aliphatic rings. The molecule has 2 aromatic rings. The first kappa shape index (κ1) is 21.0. The zero-order chi connectivity index (χ0) is 22.0. The lowest BCUT2D eigenvalue weighted by atomic mass is 10.0. The van der Waals surface area contributed by atoms with Crippen LogP contribution in [0.3, 0.4) is 0 Å². The van der Waals surface area contributed by atoms with Gasteiger partial charge in [-0.1, -0.05) is 6.07 Å². The molecule has 31 heavy (non-hydrogen) atoms. The topological polar surface area (TPSA) is 82.7 Å². The number of carbonyl (C=O) groups excluding carboxylic acids is 2. The van der Waals surface area contributed by atoms with Crippen LogP contribution in [-0.4, -0.2) is 44.6 Å². The van der Waals surface area contributed by atoms with Crippen LogP contribution in [0.2, 0.25) is 0 Å². The summed E-state index contributed by atoms with van der Waals surface area (Å²) in [6.07, 6.45) is 2.86. The molecule has 0 saturated heterocycles. The van der Waals surface area contributed by atoms with Gasteiger partial charge in [0.05, 0.1) is 18.5 Å². The normalized spacial score (nSPS) is 17.2. The molecular formula is C23H27FN4O3. The van der Waals surface area contributed by atoms with Crippen LogP contribution in [0.5, 0.6) is 5.75 Å². The zero-order valence-corrected chi connectivity index (χ0v) is 17.8. The van der Waals surface area contributed by atoms with E-state index in [0.717, 1.165) is 38.1 Å². The predicted octanol–water partition coefficient (Wildman–Crippen LogP) is 3.16. The number of benzene rings is 2. The summed E-state index contributed by atoms with van der Waals surface area (Å²) in [6.45, 7) is 3.81. The number of nitrogens with zero attached hydrogens (tertiary/aromatic N) is 1. The highest BCUT2D eigenvalue weighted by Gasteiger charge is 2.28. The summed E-state index contributed by atoms with van der Waals surface area (Å²) in [4.78, 5) is 26.9. The largest absolute Gasteiger partial charge is 0.497 e.